The topological polar surface area (TPSA) is 27.7 Å². The Morgan fingerprint density at radius 1 is 1.00 bits per heavy atom. The van der Waals surface area contributed by atoms with Crippen LogP contribution in [0.2, 0.25) is 0 Å². The van der Waals surface area contributed by atoms with E-state index in [1.807, 2.05) is 23.5 Å². The zero-order valence-electron chi connectivity index (χ0n) is 8.24. The van der Waals surface area contributed by atoms with E-state index in [9.17, 15) is 0 Å². The SMILES string of the molecule is CO[Si](OC)(OC)C1SCCCS1. The molecule has 1 aliphatic rings. The maximum absolute atomic E-state index is 5.43. The predicted octanol–water partition coefficient (Wildman–Crippen LogP) is 1.60. The van der Waals surface area contributed by atoms with E-state index in [0.29, 0.717) is 4.21 Å². The molecule has 0 saturated carbocycles. The molecule has 1 saturated heterocycles. The van der Waals surface area contributed by atoms with Crippen LogP contribution in [0.3, 0.4) is 0 Å². The summed E-state index contributed by atoms with van der Waals surface area (Å²) in [6.45, 7) is 0. The minimum atomic E-state index is -2.39. The van der Waals surface area contributed by atoms with E-state index in [-0.39, 0.29) is 0 Å². The third-order valence-corrected chi connectivity index (χ3v) is 9.46. The molecule has 0 aromatic carbocycles. The quantitative estimate of drug-likeness (QED) is 0.696. The third-order valence-electron chi connectivity index (χ3n) is 1.97. The lowest BCUT2D eigenvalue weighted by molar-refractivity contribution is 0.128. The molecule has 0 bridgehead atoms. The van der Waals surface area contributed by atoms with Gasteiger partial charge in [-0.15, -0.1) is 23.5 Å². The molecule has 3 nitrogen and oxygen atoms in total. The largest absolute Gasteiger partial charge is 0.524 e. The lowest BCUT2D eigenvalue weighted by Crippen LogP contribution is -2.52. The summed E-state index contributed by atoms with van der Waals surface area (Å²) in [5.41, 5.74) is 0. The van der Waals surface area contributed by atoms with Gasteiger partial charge in [0.15, 0.2) is 0 Å². The van der Waals surface area contributed by atoms with E-state index in [0.717, 1.165) is 0 Å². The van der Waals surface area contributed by atoms with Gasteiger partial charge in [0.1, 0.15) is 4.21 Å². The molecule has 1 heterocycles. The summed E-state index contributed by atoms with van der Waals surface area (Å²) in [6.07, 6.45) is 1.27. The van der Waals surface area contributed by atoms with Gasteiger partial charge in [-0.2, -0.15) is 0 Å². The number of thioether (sulfide) groups is 2. The van der Waals surface area contributed by atoms with Crippen molar-refractivity contribution in [2.45, 2.75) is 10.6 Å². The lowest BCUT2D eigenvalue weighted by Gasteiger charge is -2.33. The Hall–Kier alpha value is 0.797. The average molecular weight is 240 g/mol. The molecular weight excluding hydrogens is 224 g/mol. The Balaban J connectivity index is 2.60. The van der Waals surface area contributed by atoms with Crippen molar-refractivity contribution in [2.24, 2.45) is 0 Å². The highest BCUT2D eigenvalue weighted by Gasteiger charge is 2.48. The molecule has 0 aliphatic carbocycles. The van der Waals surface area contributed by atoms with E-state index in [2.05, 4.69) is 0 Å². The number of hydrogen-bond donors (Lipinski definition) is 0. The van der Waals surface area contributed by atoms with Gasteiger partial charge in [0.25, 0.3) is 0 Å². The van der Waals surface area contributed by atoms with Crippen molar-refractivity contribution in [3.8, 4) is 0 Å². The van der Waals surface area contributed by atoms with Gasteiger partial charge in [0, 0.05) is 21.3 Å². The molecule has 78 valence electrons. The van der Waals surface area contributed by atoms with Crippen LogP contribution in [0.5, 0.6) is 0 Å². The second-order valence-corrected chi connectivity index (χ2v) is 9.21. The second-order valence-electron chi connectivity index (χ2n) is 2.64. The van der Waals surface area contributed by atoms with Gasteiger partial charge in [-0.25, -0.2) is 0 Å². The fourth-order valence-corrected chi connectivity index (χ4v) is 8.58. The number of hydrogen-bond acceptors (Lipinski definition) is 5. The molecule has 0 unspecified atom stereocenters. The first-order chi connectivity index (χ1) is 6.29. The first kappa shape index (κ1) is 11.9. The van der Waals surface area contributed by atoms with Crippen molar-refractivity contribution in [2.75, 3.05) is 32.8 Å². The first-order valence-corrected chi connectivity index (χ1v) is 8.07. The Labute approximate surface area is 89.3 Å². The highest BCUT2D eigenvalue weighted by molar-refractivity contribution is 8.19. The summed E-state index contributed by atoms with van der Waals surface area (Å²) in [7, 11) is 2.64. The van der Waals surface area contributed by atoms with Crippen LogP contribution >= 0.6 is 23.5 Å². The lowest BCUT2D eigenvalue weighted by atomic mass is 10.6. The van der Waals surface area contributed by atoms with Crippen LogP contribution in [0.25, 0.3) is 0 Å². The minimum Gasteiger partial charge on any atom is -0.376 e. The standard InChI is InChI=1S/C7H16O3S2Si/c1-8-13(9-2,10-3)7-11-5-4-6-12-7/h7H,4-6H2,1-3H3. The fraction of sp³-hybridized carbons (Fsp3) is 1.00. The maximum Gasteiger partial charge on any atom is 0.524 e. The van der Waals surface area contributed by atoms with Crippen LogP contribution in [0, 0.1) is 0 Å². The molecule has 1 aliphatic heterocycles. The van der Waals surface area contributed by atoms with Gasteiger partial charge in [0.2, 0.25) is 0 Å². The smallest absolute Gasteiger partial charge is 0.376 e. The summed E-state index contributed by atoms with van der Waals surface area (Å²) in [5.74, 6) is 2.37. The molecule has 0 spiro atoms. The van der Waals surface area contributed by atoms with Crippen molar-refractivity contribution in [3.05, 3.63) is 0 Å². The molecule has 0 amide bonds. The Kier molecular flexibility index (Phi) is 5.13. The van der Waals surface area contributed by atoms with Gasteiger partial charge in [-0.05, 0) is 17.9 Å². The molecule has 0 atom stereocenters. The molecule has 6 heteroatoms. The van der Waals surface area contributed by atoms with Crippen LogP contribution in [0.1, 0.15) is 6.42 Å². The van der Waals surface area contributed by atoms with Gasteiger partial charge in [0.05, 0.1) is 0 Å². The van der Waals surface area contributed by atoms with Gasteiger partial charge in [-0.1, -0.05) is 0 Å². The predicted molar refractivity (Wildman–Crippen MR) is 60.1 cm³/mol. The zero-order valence-corrected chi connectivity index (χ0v) is 10.9. The van der Waals surface area contributed by atoms with Crippen molar-refractivity contribution >= 4 is 32.3 Å². The van der Waals surface area contributed by atoms with Crippen LogP contribution in [0.15, 0.2) is 0 Å². The monoisotopic (exact) mass is 240 g/mol. The van der Waals surface area contributed by atoms with Gasteiger partial charge < -0.3 is 13.3 Å². The third kappa shape index (κ3) is 2.63. The summed E-state index contributed by atoms with van der Waals surface area (Å²) in [4.78, 5) is 0. The molecule has 0 aromatic heterocycles. The van der Waals surface area contributed by atoms with Crippen molar-refractivity contribution in [1.29, 1.82) is 0 Å². The highest BCUT2D eigenvalue weighted by atomic mass is 32.2. The second kappa shape index (κ2) is 5.62. The summed E-state index contributed by atoms with van der Waals surface area (Å²) in [5, 5.41) is 0. The van der Waals surface area contributed by atoms with Crippen molar-refractivity contribution in [1.82, 2.24) is 0 Å². The maximum atomic E-state index is 5.43. The first-order valence-electron chi connectivity index (χ1n) is 4.17. The molecule has 13 heavy (non-hydrogen) atoms. The van der Waals surface area contributed by atoms with E-state index in [4.69, 9.17) is 13.3 Å². The molecule has 0 radical (unpaired) electrons. The molecule has 0 aromatic rings. The zero-order chi connectivity index (χ0) is 9.73. The summed E-state index contributed by atoms with van der Waals surface area (Å²) < 4.78 is 16.6. The van der Waals surface area contributed by atoms with Crippen molar-refractivity contribution in [3.63, 3.8) is 0 Å². The van der Waals surface area contributed by atoms with E-state index < -0.39 is 8.80 Å². The van der Waals surface area contributed by atoms with E-state index >= 15 is 0 Å². The van der Waals surface area contributed by atoms with Gasteiger partial charge >= 0.3 is 8.80 Å². The fourth-order valence-electron chi connectivity index (χ4n) is 1.23. The highest BCUT2D eigenvalue weighted by Crippen LogP contribution is 2.37. The Morgan fingerprint density at radius 2 is 1.46 bits per heavy atom. The minimum absolute atomic E-state index is 0.348. The molecule has 0 N–H and O–H groups in total. The molecular formula is C7H16O3S2Si. The summed E-state index contributed by atoms with van der Waals surface area (Å²) in [6, 6.07) is 0. The van der Waals surface area contributed by atoms with Crippen molar-refractivity contribution < 1.29 is 13.3 Å². The molecule has 1 fully saturated rings. The summed E-state index contributed by atoms with van der Waals surface area (Å²) >= 11 is 3.79. The average Bonchev–Trinajstić information content (AvgIpc) is 2.23. The van der Waals surface area contributed by atoms with Crippen LogP contribution in [-0.2, 0) is 13.3 Å². The normalized spacial score (nSPS) is 20.5. The van der Waals surface area contributed by atoms with Crippen LogP contribution in [-0.4, -0.2) is 45.8 Å². The van der Waals surface area contributed by atoms with E-state index in [1.54, 1.807) is 21.3 Å². The Bertz CT molecular complexity index is 140. The Morgan fingerprint density at radius 3 is 1.85 bits per heavy atom. The van der Waals surface area contributed by atoms with Crippen LogP contribution in [0.4, 0.5) is 0 Å². The van der Waals surface area contributed by atoms with Crippen LogP contribution < -0.4 is 0 Å². The molecule has 1 rings (SSSR count). The number of rotatable bonds is 4. The van der Waals surface area contributed by atoms with E-state index in [1.165, 1.54) is 17.9 Å². The van der Waals surface area contributed by atoms with Gasteiger partial charge in [-0.3, -0.25) is 0 Å².